The van der Waals surface area contributed by atoms with Gasteiger partial charge < -0.3 is 4.90 Å². The van der Waals surface area contributed by atoms with Gasteiger partial charge in [-0.2, -0.15) is 5.26 Å². The molecule has 0 radical (unpaired) electrons. The van der Waals surface area contributed by atoms with E-state index in [9.17, 15) is 5.26 Å². The van der Waals surface area contributed by atoms with E-state index in [2.05, 4.69) is 49.3 Å². The lowest BCUT2D eigenvalue weighted by Gasteiger charge is -2.30. The summed E-state index contributed by atoms with van der Waals surface area (Å²) >= 11 is 0. The average Bonchev–Trinajstić information content (AvgIpc) is 3.19. The molecule has 3 atom stereocenters. The lowest BCUT2D eigenvalue weighted by molar-refractivity contribution is 0.270. The number of nitrogens with zero attached hydrogens (tertiary/aromatic N) is 2. The van der Waals surface area contributed by atoms with Crippen molar-refractivity contribution in [1.82, 2.24) is 10.2 Å². The lowest BCUT2D eigenvalue weighted by atomic mass is 9.87. The number of benzene rings is 1. The maximum absolute atomic E-state index is 9.78. The van der Waals surface area contributed by atoms with E-state index in [1.54, 1.807) is 0 Å². The van der Waals surface area contributed by atoms with Gasteiger partial charge in [0.15, 0.2) is 0 Å². The van der Waals surface area contributed by atoms with Crippen molar-refractivity contribution in [2.75, 3.05) is 26.7 Å². The molecule has 0 saturated heterocycles. The third-order valence-electron chi connectivity index (χ3n) is 4.63. The quantitative estimate of drug-likeness (QED) is 0.798. The van der Waals surface area contributed by atoms with E-state index in [-0.39, 0.29) is 0 Å². The van der Waals surface area contributed by atoms with Crippen molar-refractivity contribution in [2.45, 2.75) is 32.2 Å². The molecule has 21 heavy (non-hydrogen) atoms. The van der Waals surface area contributed by atoms with E-state index in [0.717, 1.165) is 43.5 Å². The fourth-order valence-corrected chi connectivity index (χ4v) is 3.02. The molecule has 0 spiro atoms. The molecule has 0 amide bonds. The minimum atomic E-state index is -0.570. The van der Waals surface area contributed by atoms with E-state index in [4.69, 9.17) is 0 Å². The third-order valence-corrected chi connectivity index (χ3v) is 4.63. The molecule has 3 heteroatoms. The Labute approximate surface area is 129 Å². The van der Waals surface area contributed by atoms with Crippen LogP contribution in [0.3, 0.4) is 0 Å². The van der Waals surface area contributed by atoms with Gasteiger partial charge in [-0.15, -0.1) is 0 Å². The predicted molar refractivity (Wildman–Crippen MR) is 86.8 cm³/mol. The standard InChI is InChI=1S/C18H27N3/c1-4-20-18(14-19,17-8-6-5-7-9-17)10-11-21(3)13-16-12-15(16)2/h5-9,15-16,20H,4,10-13H2,1-3H3. The van der Waals surface area contributed by atoms with Crippen molar-refractivity contribution in [3.05, 3.63) is 35.9 Å². The second-order valence-electron chi connectivity index (χ2n) is 6.40. The summed E-state index contributed by atoms with van der Waals surface area (Å²) in [6.45, 7) is 7.28. The lowest BCUT2D eigenvalue weighted by Crippen LogP contribution is -2.43. The fourth-order valence-electron chi connectivity index (χ4n) is 3.02. The largest absolute Gasteiger partial charge is 0.306 e. The molecule has 0 heterocycles. The van der Waals surface area contributed by atoms with Gasteiger partial charge in [-0.25, -0.2) is 0 Å². The Morgan fingerprint density at radius 2 is 2.05 bits per heavy atom. The number of hydrogen-bond donors (Lipinski definition) is 1. The van der Waals surface area contributed by atoms with Crippen molar-refractivity contribution >= 4 is 0 Å². The molecule has 0 aliphatic heterocycles. The third kappa shape index (κ3) is 4.06. The van der Waals surface area contributed by atoms with Crippen molar-refractivity contribution < 1.29 is 0 Å². The Morgan fingerprint density at radius 1 is 1.38 bits per heavy atom. The van der Waals surface area contributed by atoms with Crippen LogP contribution in [0.4, 0.5) is 0 Å². The summed E-state index contributed by atoms with van der Waals surface area (Å²) in [6.07, 6.45) is 2.18. The summed E-state index contributed by atoms with van der Waals surface area (Å²) in [4.78, 5) is 2.38. The van der Waals surface area contributed by atoms with Gasteiger partial charge >= 0.3 is 0 Å². The highest BCUT2D eigenvalue weighted by molar-refractivity contribution is 5.31. The molecule has 1 aromatic carbocycles. The first kappa shape index (κ1) is 16.0. The van der Waals surface area contributed by atoms with Crippen LogP contribution < -0.4 is 5.32 Å². The molecule has 0 aromatic heterocycles. The zero-order chi connectivity index (χ0) is 15.3. The summed E-state index contributed by atoms with van der Waals surface area (Å²) in [5.74, 6) is 1.75. The van der Waals surface area contributed by atoms with Gasteiger partial charge in [0.25, 0.3) is 0 Å². The Kier molecular flexibility index (Phi) is 5.39. The smallest absolute Gasteiger partial charge is 0.133 e. The molecule has 3 nitrogen and oxygen atoms in total. The van der Waals surface area contributed by atoms with Gasteiger partial charge in [0.05, 0.1) is 6.07 Å². The summed E-state index contributed by atoms with van der Waals surface area (Å²) in [6, 6.07) is 12.6. The highest BCUT2D eigenvalue weighted by atomic mass is 15.1. The zero-order valence-corrected chi connectivity index (χ0v) is 13.5. The molecular formula is C18H27N3. The van der Waals surface area contributed by atoms with Crippen LogP contribution in [0.2, 0.25) is 0 Å². The molecule has 0 bridgehead atoms. The first-order valence-corrected chi connectivity index (χ1v) is 8.01. The van der Waals surface area contributed by atoms with Gasteiger partial charge in [-0.05, 0) is 43.8 Å². The van der Waals surface area contributed by atoms with Gasteiger partial charge in [-0.3, -0.25) is 5.32 Å². The molecule has 114 valence electrons. The molecule has 1 N–H and O–H groups in total. The summed E-state index contributed by atoms with van der Waals surface area (Å²) in [5, 5.41) is 13.2. The minimum absolute atomic E-state index is 0.570. The highest BCUT2D eigenvalue weighted by Crippen LogP contribution is 2.38. The maximum Gasteiger partial charge on any atom is 0.133 e. The van der Waals surface area contributed by atoms with Gasteiger partial charge in [-0.1, -0.05) is 44.2 Å². The Morgan fingerprint density at radius 3 is 2.57 bits per heavy atom. The van der Waals surface area contributed by atoms with Crippen molar-refractivity contribution in [3.8, 4) is 6.07 Å². The Balaban J connectivity index is 2.01. The molecule has 2 rings (SSSR count). The second-order valence-corrected chi connectivity index (χ2v) is 6.40. The predicted octanol–water partition coefficient (Wildman–Crippen LogP) is 2.99. The van der Waals surface area contributed by atoms with Crippen LogP contribution in [0.25, 0.3) is 0 Å². The average molecular weight is 285 g/mol. The van der Waals surface area contributed by atoms with Gasteiger partial charge in [0, 0.05) is 13.1 Å². The van der Waals surface area contributed by atoms with E-state index in [1.807, 2.05) is 18.2 Å². The molecule has 1 aliphatic rings. The van der Waals surface area contributed by atoms with Gasteiger partial charge in [0.1, 0.15) is 5.54 Å². The van der Waals surface area contributed by atoms with Crippen molar-refractivity contribution in [1.29, 1.82) is 5.26 Å². The van der Waals surface area contributed by atoms with Crippen LogP contribution in [0.5, 0.6) is 0 Å². The summed E-state index contributed by atoms with van der Waals surface area (Å²) < 4.78 is 0. The molecule has 3 unspecified atom stereocenters. The van der Waals surface area contributed by atoms with Crippen molar-refractivity contribution in [3.63, 3.8) is 0 Å². The van der Waals surface area contributed by atoms with E-state index in [0.29, 0.717) is 0 Å². The fraction of sp³-hybridized carbons (Fsp3) is 0.611. The first-order valence-electron chi connectivity index (χ1n) is 8.01. The number of nitriles is 1. The normalized spacial score (nSPS) is 23.6. The van der Waals surface area contributed by atoms with Crippen molar-refractivity contribution in [2.24, 2.45) is 11.8 Å². The summed E-state index contributed by atoms with van der Waals surface area (Å²) in [5.41, 5.74) is 0.502. The topological polar surface area (TPSA) is 39.1 Å². The molecule has 1 aromatic rings. The number of rotatable bonds is 8. The Bertz CT molecular complexity index is 479. The molecular weight excluding hydrogens is 258 g/mol. The number of nitrogens with one attached hydrogen (secondary N) is 1. The minimum Gasteiger partial charge on any atom is -0.306 e. The first-order chi connectivity index (χ1) is 10.1. The van der Waals surface area contributed by atoms with Crippen LogP contribution in [-0.4, -0.2) is 31.6 Å². The van der Waals surface area contributed by atoms with E-state index >= 15 is 0 Å². The SMILES string of the molecule is CCNC(C#N)(CCN(C)CC1CC1C)c1ccccc1. The monoisotopic (exact) mass is 285 g/mol. The van der Waals surface area contributed by atoms with Crippen LogP contribution in [0, 0.1) is 23.2 Å². The van der Waals surface area contributed by atoms with Crippen LogP contribution >= 0.6 is 0 Å². The number of hydrogen-bond acceptors (Lipinski definition) is 3. The zero-order valence-electron chi connectivity index (χ0n) is 13.5. The maximum atomic E-state index is 9.78. The van der Waals surface area contributed by atoms with Crippen LogP contribution in [0.15, 0.2) is 30.3 Å². The molecule has 1 saturated carbocycles. The summed E-state index contributed by atoms with van der Waals surface area (Å²) in [7, 11) is 2.17. The molecule has 1 aliphatic carbocycles. The highest BCUT2D eigenvalue weighted by Gasteiger charge is 2.35. The van der Waals surface area contributed by atoms with Crippen LogP contribution in [-0.2, 0) is 5.54 Å². The second kappa shape index (κ2) is 7.06. The van der Waals surface area contributed by atoms with E-state index in [1.165, 1.54) is 6.42 Å². The molecule has 1 fully saturated rings. The van der Waals surface area contributed by atoms with E-state index < -0.39 is 5.54 Å². The van der Waals surface area contributed by atoms with Gasteiger partial charge in [0.2, 0.25) is 0 Å². The Hall–Kier alpha value is -1.37. The van der Waals surface area contributed by atoms with Crippen LogP contribution in [0.1, 0.15) is 32.3 Å².